The van der Waals surface area contributed by atoms with Crippen LogP contribution >= 0.6 is 0 Å². The first kappa shape index (κ1) is 12.4. The Bertz CT molecular complexity index is 635. The van der Waals surface area contributed by atoms with Crippen LogP contribution in [-0.2, 0) is 26.2 Å². The maximum absolute atomic E-state index is 2.20. The van der Waals surface area contributed by atoms with Gasteiger partial charge in [-0.3, -0.25) is 0 Å². The van der Waals surface area contributed by atoms with E-state index in [1.165, 1.54) is 27.5 Å². The number of aryl methyl sites for hydroxylation is 1. The molecule has 3 aromatic rings. The van der Waals surface area contributed by atoms with Gasteiger partial charge in [0.2, 0.25) is 0 Å². The van der Waals surface area contributed by atoms with Crippen LogP contribution in [0, 0.1) is 6.92 Å². The van der Waals surface area contributed by atoms with E-state index >= 15 is 0 Å². The Morgan fingerprint density at radius 2 is 1.59 bits per heavy atom. The van der Waals surface area contributed by atoms with Crippen molar-refractivity contribution in [2.75, 3.05) is 0 Å². The van der Waals surface area contributed by atoms with E-state index in [-0.39, 0.29) is 26.2 Å². The average Bonchev–Trinajstić information content (AvgIpc) is 2.77. The first-order chi connectivity index (χ1) is 7.86. The topological polar surface area (TPSA) is 0 Å². The Kier molecular flexibility index (Phi) is 3.69. The molecule has 3 aromatic carbocycles. The fourth-order valence-corrected chi connectivity index (χ4v) is 2.27. The summed E-state index contributed by atoms with van der Waals surface area (Å²) in [5.74, 6) is 0. The molecule has 0 aliphatic carbocycles. The van der Waals surface area contributed by atoms with Crippen LogP contribution in [0.4, 0.5) is 0 Å². The molecule has 0 saturated carbocycles. The monoisotopic (exact) mass is 295 g/mol. The van der Waals surface area contributed by atoms with E-state index in [1.807, 2.05) is 0 Å². The van der Waals surface area contributed by atoms with Gasteiger partial charge in [-0.15, -0.1) is 29.0 Å². The van der Waals surface area contributed by atoms with Crippen LogP contribution in [0.15, 0.2) is 60.7 Å². The fourth-order valence-electron chi connectivity index (χ4n) is 2.27. The van der Waals surface area contributed by atoms with Gasteiger partial charge in [0.05, 0.1) is 0 Å². The molecule has 1 heteroatoms. The standard InChI is InChI=1S/C16H13.Zr/c1-12-6-2-3-9-14(12)16-11-5-8-13-7-4-10-15(13)16;/h2-11H,1H3;/q-1;. The zero-order chi connectivity index (χ0) is 11.0. The third-order valence-corrected chi connectivity index (χ3v) is 3.11. The van der Waals surface area contributed by atoms with Gasteiger partial charge in [0.25, 0.3) is 0 Å². The van der Waals surface area contributed by atoms with Crippen molar-refractivity contribution in [1.82, 2.24) is 0 Å². The Balaban J connectivity index is 0.00000108. The molecule has 3 rings (SSSR count). The summed E-state index contributed by atoms with van der Waals surface area (Å²) in [6.07, 6.45) is 0. The van der Waals surface area contributed by atoms with Gasteiger partial charge in [0.15, 0.2) is 0 Å². The number of hydrogen-bond donors (Lipinski definition) is 0. The Morgan fingerprint density at radius 1 is 0.824 bits per heavy atom. The third kappa shape index (κ3) is 2.17. The van der Waals surface area contributed by atoms with Crippen molar-refractivity contribution in [3.8, 4) is 11.1 Å². The summed E-state index contributed by atoms with van der Waals surface area (Å²) < 4.78 is 0. The second-order valence-corrected chi connectivity index (χ2v) is 4.15. The number of rotatable bonds is 1. The van der Waals surface area contributed by atoms with Crippen LogP contribution in [0.5, 0.6) is 0 Å². The molecule has 0 unspecified atom stereocenters. The first-order valence-corrected chi connectivity index (χ1v) is 5.57. The van der Waals surface area contributed by atoms with Gasteiger partial charge in [-0.1, -0.05) is 35.9 Å². The molecule has 0 N–H and O–H groups in total. The molecule has 0 spiro atoms. The van der Waals surface area contributed by atoms with Crippen LogP contribution in [0.3, 0.4) is 0 Å². The largest absolute Gasteiger partial charge is 0.168 e. The maximum Gasteiger partial charge on any atom is 0 e. The van der Waals surface area contributed by atoms with Crippen LogP contribution in [-0.4, -0.2) is 0 Å². The van der Waals surface area contributed by atoms with Crippen LogP contribution < -0.4 is 0 Å². The molecule has 0 fully saturated rings. The van der Waals surface area contributed by atoms with Gasteiger partial charge in [-0.2, -0.15) is 12.1 Å². The van der Waals surface area contributed by atoms with Gasteiger partial charge in [-0.25, -0.2) is 0 Å². The maximum atomic E-state index is 2.20. The van der Waals surface area contributed by atoms with Crippen LogP contribution in [0.2, 0.25) is 0 Å². The van der Waals surface area contributed by atoms with Crippen molar-refractivity contribution in [2.45, 2.75) is 6.92 Å². The molecule has 0 amide bonds. The van der Waals surface area contributed by atoms with Gasteiger partial charge in [0.1, 0.15) is 0 Å². The summed E-state index contributed by atoms with van der Waals surface area (Å²) in [7, 11) is 0. The predicted octanol–water partition coefficient (Wildman–Crippen LogP) is 4.53. The normalized spacial score (nSPS) is 10.2. The zero-order valence-corrected chi connectivity index (χ0v) is 12.2. The summed E-state index contributed by atoms with van der Waals surface area (Å²) in [5, 5.41) is 2.66. The van der Waals surface area contributed by atoms with E-state index in [2.05, 4.69) is 67.6 Å². The second kappa shape index (κ2) is 5.06. The molecule has 0 nitrogen and oxygen atoms in total. The summed E-state index contributed by atoms with van der Waals surface area (Å²) in [5.41, 5.74) is 4.00. The molecule has 0 aliphatic heterocycles. The molecule has 0 radical (unpaired) electrons. The van der Waals surface area contributed by atoms with Crippen molar-refractivity contribution in [1.29, 1.82) is 0 Å². The molecule has 0 heterocycles. The van der Waals surface area contributed by atoms with E-state index < -0.39 is 0 Å². The fraction of sp³-hybridized carbons (Fsp3) is 0.0625. The summed E-state index contributed by atoms with van der Waals surface area (Å²) in [6, 6.07) is 21.5. The Morgan fingerprint density at radius 3 is 2.41 bits per heavy atom. The second-order valence-electron chi connectivity index (χ2n) is 4.15. The molecule has 0 atom stereocenters. The number of hydrogen-bond acceptors (Lipinski definition) is 0. The van der Waals surface area contributed by atoms with E-state index in [4.69, 9.17) is 0 Å². The minimum Gasteiger partial charge on any atom is -0.168 e. The quantitative estimate of drug-likeness (QED) is 0.579. The smallest absolute Gasteiger partial charge is 0 e. The minimum absolute atomic E-state index is 0. The van der Waals surface area contributed by atoms with Crippen molar-refractivity contribution >= 4 is 10.8 Å². The molecule has 0 aliphatic rings. The summed E-state index contributed by atoms with van der Waals surface area (Å²) in [4.78, 5) is 0. The van der Waals surface area contributed by atoms with Gasteiger partial charge in [-0.05, 0) is 18.1 Å². The van der Waals surface area contributed by atoms with E-state index in [0.29, 0.717) is 0 Å². The molecule has 17 heavy (non-hydrogen) atoms. The van der Waals surface area contributed by atoms with E-state index in [1.54, 1.807) is 0 Å². The Hall–Kier alpha value is -1.07. The predicted molar refractivity (Wildman–Crippen MR) is 69.7 cm³/mol. The molecular formula is C16H13Zr-. The van der Waals surface area contributed by atoms with Crippen molar-refractivity contribution in [3.63, 3.8) is 0 Å². The van der Waals surface area contributed by atoms with Gasteiger partial charge >= 0.3 is 0 Å². The molecule has 82 valence electrons. The van der Waals surface area contributed by atoms with E-state index in [0.717, 1.165) is 0 Å². The summed E-state index contributed by atoms with van der Waals surface area (Å²) in [6.45, 7) is 2.16. The number of fused-ring (bicyclic) bond motifs is 1. The minimum atomic E-state index is 0. The average molecular weight is 297 g/mol. The first-order valence-electron chi connectivity index (χ1n) is 5.57. The molecular weight excluding hydrogens is 283 g/mol. The molecule has 0 saturated heterocycles. The SMILES string of the molecule is Cc1ccccc1-c1cccc2[cH-]ccc12.[Zr]. The zero-order valence-electron chi connectivity index (χ0n) is 9.77. The van der Waals surface area contributed by atoms with Crippen molar-refractivity contribution < 1.29 is 26.2 Å². The van der Waals surface area contributed by atoms with Gasteiger partial charge in [0, 0.05) is 26.2 Å². The van der Waals surface area contributed by atoms with Crippen molar-refractivity contribution in [3.05, 3.63) is 66.2 Å². The molecule has 0 bridgehead atoms. The van der Waals surface area contributed by atoms with Gasteiger partial charge < -0.3 is 0 Å². The van der Waals surface area contributed by atoms with Crippen LogP contribution in [0.1, 0.15) is 5.56 Å². The van der Waals surface area contributed by atoms with E-state index in [9.17, 15) is 0 Å². The number of benzene rings is 2. The van der Waals surface area contributed by atoms with Crippen LogP contribution in [0.25, 0.3) is 21.9 Å². The molecule has 0 aromatic heterocycles. The van der Waals surface area contributed by atoms with Crippen molar-refractivity contribution in [2.24, 2.45) is 0 Å². The Labute approximate surface area is 121 Å². The third-order valence-electron chi connectivity index (χ3n) is 3.11. The summed E-state index contributed by atoms with van der Waals surface area (Å²) >= 11 is 0.